The highest BCUT2D eigenvalue weighted by Crippen LogP contribution is 2.34. The summed E-state index contributed by atoms with van der Waals surface area (Å²) < 4.78 is 2.24. The lowest BCUT2D eigenvalue weighted by Crippen LogP contribution is -2.01. The molecular weight excluding hydrogens is 599 g/mol. The van der Waals surface area contributed by atoms with E-state index in [2.05, 4.69) is 126 Å². The van der Waals surface area contributed by atoms with Gasteiger partial charge in [-0.25, -0.2) is 19.9 Å². The third kappa shape index (κ3) is 5.33. The van der Waals surface area contributed by atoms with Gasteiger partial charge >= 0.3 is 0 Å². The summed E-state index contributed by atoms with van der Waals surface area (Å²) >= 11 is 0. The van der Waals surface area contributed by atoms with Crippen LogP contribution in [0.3, 0.4) is 0 Å². The lowest BCUT2D eigenvalue weighted by molar-refractivity contribution is 1.07. The van der Waals surface area contributed by atoms with Gasteiger partial charge in [-0.05, 0) is 53.6 Å². The van der Waals surface area contributed by atoms with Gasteiger partial charge in [0, 0.05) is 38.7 Å². The molecule has 0 aliphatic heterocycles. The third-order valence-electron chi connectivity index (χ3n) is 8.89. The van der Waals surface area contributed by atoms with Crippen molar-refractivity contribution < 1.29 is 0 Å². The number of benzene rings is 6. The van der Waals surface area contributed by atoms with E-state index in [9.17, 15) is 0 Å². The van der Waals surface area contributed by atoms with E-state index in [1.165, 1.54) is 10.9 Å². The second-order valence-electron chi connectivity index (χ2n) is 11.9. The quantitative estimate of drug-likeness (QED) is 0.184. The van der Waals surface area contributed by atoms with Crippen LogP contribution in [0.1, 0.15) is 0 Å². The van der Waals surface area contributed by atoms with Gasteiger partial charge in [0.25, 0.3) is 0 Å². The molecule has 0 saturated carbocycles. The fourth-order valence-electron chi connectivity index (χ4n) is 6.42. The maximum atomic E-state index is 5.19. The van der Waals surface area contributed by atoms with Crippen molar-refractivity contribution in [3.63, 3.8) is 0 Å². The number of hydrogen-bond donors (Lipinski definition) is 0. The molecule has 5 nitrogen and oxygen atoms in total. The lowest BCUT2D eigenvalue weighted by atomic mass is 10.0. The Hall–Kier alpha value is -6.72. The largest absolute Gasteiger partial charge is 0.294 e. The number of para-hydroxylation sites is 1. The monoisotopic (exact) mass is 627 g/mol. The van der Waals surface area contributed by atoms with Crippen LogP contribution in [-0.4, -0.2) is 24.5 Å². The van der Waals surface area contributed by atoms with Crippen LogP contribution >= 0.6 is 0 Å². The molecule has 3 aromatic heterocycles. The minimum atomic E-state index is 0.620. The molecule has 6 aromatic carbocycles. The highest BCUT2D eigenvalue weighted by molar-refractivity contribution is 6.08. The van der Waals surface area contributed by atoms with Crippen molar-refractivity contribution in [3.05, 3.63) is 176 Å². The maximum Gasteiger partial charge on any atom is 0.164 e. The number of nitrogens with zero attached hydrogens (tertiary/aromatic N) is 5. The van der Waals surface area contributed by atoms with Crippen molar-refractivity contribution >= 4 is 21.9 Å². The molecule has 0 aliphatic carbocycles. The van der Waals surface area contributed by atoms with E-state index in [-0.39, 0.29) is 0 Å². The summed E-state index contributed by atoms with van der Waals surface area (Å²) in [6.45, 7) is 0. The van der Waals surface area contributed by atoms with Gasteiger partial charge in [-0.1, -0.05) is 133 Å². The summed E-state index contributed by atoms with van der Waals surface area (Å²) in [7, 11) is 0. The van der Waals surface area contributed by atoms with Crippen molar-refractivity contribution in [2.75, 3.05) is 0 Å². The minimum absolute atomic E-state index is 0.620. The third-order valence-corrected chi connectivity index (χ3v) is 8.89. The Morgan fingerprint density at radius 1 is 0.306 bits per heavy atom. The molecule has 0 atom stereocenters. The molecule has 0 fully saturated rings. The van der Waals surface area contributed by atoms with Gasteiger partial charge in [0.05, 0.1) is 11.2 Å². The Bertz CT molecular complexity index is 2560. The Morgan fingerprint density at radius 3 is 1.37 bits per heavy atom. The van der Waals surface area contributed by atoms with Crippen LogP contribution in [0, 0.1) is 0 Å². The van der Waals surface area contributed by atoms with Crippen molar-refractivity contribution in [1.29, 1.82) is 0 Å². The molecule has 3 heterocycles. The average Bonchev–Trinajstić information content (AvgIpc) is 3.52. The minimum Gasteiger partial charge on any atom is -0.294 e. The van der Waals surface area contributed by atoms with Crippen LogP contribution < -0.4 is 0 Å². The van der Waals surface area contributed by atoms with E-state index in [0.29, 0.717) is 17.5 Å². The molecule has 0 radical (unpaired) electrons. The van der Waals surface area contributed by atoms with Gasteiger partial charge < -0.3 is 0 Å². The van der Waals surface area contributed by atoms with Gasteiger partial charge in [0.1, 0.15) is 5.65 Å². The second kappa shape index (κ2) is 12.1. The second-order valence-corrected chi connectivity index (χ2v) is 11.9. The first-order valence-corrected chi connectivity index (χ1v) is 16.3. The number of fused-ring (bicyclic) bond motifs is 3. The van der Waals surface area contributed by atoms with Crippen LogP contribution in [-0.2, 0) is 0 Å². The van der Waals surface area contributed by atoms with Gasteiger partial charge in [-0.2, -0.15) is 0 Å². The highest BCUT2D eigenvalue weighted by atomic mass is 15.1. The van der Waals surface area contributed by atoms with E-state index >= 15 is 0 Å². The lowest BCUT2D eigenvalue weighted by Gasteiger charge is -2.11. The Morgan fingerprint density at radius 2 is 0.755 bits per heavy atom. The molecule has 0 spiro atoms. The van der Waals surface area contributed by atoms with Crippen molar-refractivity contribution in [2.24, 2.45) is 0 Å². The number of hydrogen-bond acceptors (Lipinski definition) is 4. The maximum absolute atomic E-state index is 5.19. The fourth-order valence-corrected chi connectivity index (χ4v) is 6.42. The Labute approximate surface area is 283 Å². The molecular formula is C44H29N5. The zero-order chi connectivity index (χ0) is 32.6. The van der Waals surface area contributed by atoms with Crippen LogP contribution in [0.15, 0.2) is 176 Å². The van der Waals surface area contributed by atoms with Crippen LogP contribution in [0.2, 0.25) is 0 Å². The molecule has 0 unspecified atom stereocenters. The zero-order valence-electron chi connectivity index (χ0n) is 26.5. The molecule has 9 rings (SSSR count). The zero-order valence-corrected chi connectivity index (χ0v) is 26.5. The molecule has 49 heavy (non-hydrogen) atoms. The average molecular weight is 628 g/mol. The summed E-state index contributed by atoms with van der Waals surface area (Å²) in [5.74, 6) is 1.89. The summed E-state index contributed by atoms with van der Waals surface area (Å²) in [5.41, 5.74) is 10.2. The van der Waals surface area contributed by atoms with E-state index in [1.807, 2.05) is 54.6 Å². The first kappa shape index (κ1) is 28.5. The van der Waals surface area contributed by atoms with E-state index in [0.717, 1.165) is 55.7 Å². The molecule has 0 saturated heterocycles. The van der Waals surface area contributed by atoms with Crippen molar-refractivity contribution in [2.45, 2.75) is 0 Å². The van der Waals surface area contributed by atoms with Gasteiger partial charge in [-0.15, -0.1) is 0 Å². The first-order chi connectivity index (χ1) is 24.3. The van der Waals surface area contributed by atoms with Crippen molar-refractivity contribution in [3.8, 4) is 62.2 Å². The fraction of sp³-hybridized carbons (Fsp3) is 0. The van der Waals surface area contributed by atoms with E-state index in [1.54, 1.807) is 0 Å². The van der Waals surface area contributed by atoms with Crippen molar-refractivity contribution in [1.82, 2.24) is 24.5 Å². The molecule has 0 amide bonds. The van der Waals surface area contributed by atoms with Gasteiger partial charge in [0.15, 0.2) is 17.5 Å². The smallest absolute Gasteiger partial charge is 0.164 e. The van der Waals surface area contributed by atoms with E-state index < -0.39 is 0 Å². The van der Waals surface area contributed by atoms with Gasteiger partial charge in [0.2, 0.25) is 0 Å². The molecule has 0 N–H and O–H groups in total. The van der Waals surface area contributed by atoms with E-state index in [4.69, 9.17) is 19.9 Å². The first-order valence-electron chi connectivity index (χ1n) is 16.3. The molecule has 5 heteroatoms. The standard InChI is InChI=1S/C44H29N5/c1-4-12-30(13-5-1)31-20-22-34(23-21-31)42-46-41(33-16-8-3-9-17-33)47-43(48-42)35-24-26-36(27-25-35)49-40-19-11-10-18-37(40)38-28-29-39(45-44(38)49)32-14-6-2-7-15-32/h1-29H. The molecule has 0 aliphatic rings. The predicted molar refractivity (Wildman–Crippen MR) is 199 cm³/mol. The Balaban J connectivity index is 1.14. The van der Waals surface area contributed by atoms with Crippen LogP contribution in [0.25, 0.3) is 84.2 Å². The molecule has 0 bridgehead atoms. The summed E-state index contributed by atoms with van der Waals surface area (Å²) in [6, 6.07) is 60.3. The number of rotatable bonds is 6. The van der Waals surface area contributed by atoms with Crippen LogP contribution in [0.4, 0.5) is 0 Å². The van der Waals surface area contributed by atoms with Gasteiger partial charge in [-0.3, -0.25) is 4.57 Å². The molecule has 9 aromatic rings. The number of pyridine rings is 1. The normalized spacial score (nSPS) is 11.3. The summed E-state index contributed by atoms with van der Waals surface area (Å²) in [5, 5.41) is 2.29. The topological polar surface area (TPSA) is 56.5 Å². The predicted octanol–water partition coefficient (Wildman–Crippen LogP) is 10.7. The summed E-state index contributed by atoms with van der Waals surface area (Å²) in [6.07, 6.45) is 0. The highest BCUT2D eigenvalue weighted by Gasteiger charge is 2.16. The SMILES string of the molecule is c1ccc(-c2ccc(-c3nc(-c4ccccc4)nc(-c4ccc(-n5c6ccccc6c6ccc(-c7ccccc7)nc65)cc4)n3)cc2)cc1. The number of aromatic nitrogens is 5. The summed E-state index contributed by atoms with van der Waals surface area (Å²) in [4.78, 5) is 20.1. The van der Waals surface area contributed by atoms with Crippen LogP contribution in [0.5, 0.6) is 0 Å². The Kier molecular flexibility index (Phi) is 7.06. The molecule has 230 valence electrons.